The third kappa shape index (κ3) is 5.18. The van der Waals surface area contributed by atoms with Crippen LogP contribution in [0.25, 0.3) is 5.69 Å². The van der Waals surface area contributed by atoms with Crippen molar-refractivity contribution in [3.63, 3.8) is 0 Å². The van der Waals surface area contributed by atoms with E-state index in [1.165, 1.54) is 11.4 Å². The van der Waals surface area contributed by atoms with Crippen LogP contribution in [0.4, 0.5) is 0 Å². The number of ether oxygens (including phenoxy) is 1. The van der Waals surface area contributed by atoms with Gasteiger partial charge in [-0.25, -0.2) is 5.43 Å². The smallest absolute Gasteiger partial charge is 0.307 e. The zero-order valence-corrected chi connectivity index (χ0v) is 19.3. The highest BCUT2D eigenvalue weighted by Crippen LogP contribution is 2.21. The average Bonchev–Trinajstić information content (AvgIpc) is 3.40. The highest BCUT2D eigenvalue weighted by Gasteiger charge is 2.11. The Bertz CT molecular complexity index is 1220. The minimum absolute atomic E-state index is 0.172. The molecule has 2 heterocycles. The van der Waals surface area contributed by atoms with Crippen molar-refractivity contribution in [1.29, 1.82) is 0 Å². The van der Waals surface area contributed by atoms with Gasteiger partial charge in [-0.1, -0.05) is 28.1 Å². The summed E-state index contributed by atoms with van der Waals surface area (Å²) in [6.45, 7) is 4.37. The number of hydrazone groups is 1. The van der Waals surface area contributed by atoms with E-state index >= 15 is 0 Å². The summed E-state index contributed by atoms with van der Waals surface area (Å²) in [7, 11) is 0. The van der Waals surface area contributed by atoms with E-state index < -0.39 is 5.91 Å². The molecule has 1 amide bonds. The molecule has 0 atom stereocenters. The number of hydrogen-bond acceptors (Lipinski definition) is 4. The SMILES string of the molecule is Cc1ccc(C)n1-c1ccc(OCc2ccc(C(=O)NN=Cc3ccc(Br)cc3)o2)cc1. The van der Waals surface area contributed by atoms with Crippen LogP contribution in [-0.4, -0.2) is 16.7 Å². The molecule has 0 aliphatic carbocycles. The first kappa shape index (κ1) is 21.6. The molecule has 1 N–H and O–H groups in total. The second kappa shape index (κ2) is 9.70. The third-order valence-corrected chi connectivity index (χ3v) is 5.41. The first-order chi connectivity index (χ1) is 15.5. The van der Waals surface area contributed by atoms with Gasteiger partial charge in [0, 0.05) is 21.5 Å². The van der Waals surface area contributed by atoms with Gasteiger partial charge in [0.15, 0.2) is 5.76 Å². The molecule has 0 aliphatic rings. The second-order valence-corrected chi connectivity index (χ2v) is 8.17. The molecule has 0 saturated heterocycles. The largest absolute Gasteiger partial charge is 0.486 e. The van der Waals surface area contributed by atoms with E-state index in [4.69, 9.17) is 9.15 Å². The minimum Gasteiger partial charge on any atom is -0.486 e. The first-order valence-electron chi connectivity index (χ1n) is 10.1. The highest BCUT2D eigenvalue weighted by molar-refractivity contribution is 9.10. The van der Waals surface area contributed by atoms with Gasteiger partial charge in [-0.3, -0.25) is 4.79 Å². The topological polar surface area (TPSA) is 68.8 Å². The molecule has 4 rings (SSSR count). The quantitative estimate of drug-likeness (QED) is 0.262. The highest BCUT2D eigenvalue weighted by atomic mass is 79.9. The maximum absolute atomic E-state index is 12.2. The number of carbonyl (C=O) groups is 1. The Hall–Kier alpha value is -3.58. The lowest BCUT2D eigenvalue weighted by Crippen LogP contribution is -2.16. The van der Waals surface area contributed by atoms with Crippen LogP contribution in [0.1, 0.15) is 33.3 Å². The molecule has 0 aliphatic heterocycles. The molecule has 6 nitrogen and oxygen atoms in total. The van der Waals surface area contributed by atoms with E-state index in [-0.39, 0.29) is 12.4 Å². The Morgan fingerprint density at radius 1 is 1.00 bits per heavy atom. The van der Waals surface area contributed by atoms with Crippen molar-refractivity contribution in [2.75, 3.05) is 0 Å². The zero-order valence-electron chi connectivity index (χ0n) is 17.7. The van der Waals surface area contributed by atoms with Crippen LogP contribution in [0.15, 0.2) is 86.8 Å². The van der Waals surface area contributed by atoms with Crippen LogP contribution in [-0.2, 0) is 6.61 Å². The number of halogens is 1. The monoisotopic (exact) mass is 491 g/mol. The van der Waals surface area contributed by atoms with E-state index in [2.05, 4.69) is 57.0 Å². The lowest BCUT2D eigenvalue weighted by atomic mass is 10.2. The van der Waals surface area contributed by atoms with Crippen molar-refractivity contribution in [3.8, 4) is 11.4 Å². The van der Waals surface area contributed by atoms with Crippen molar-refractivity contribution in [3.05, 3.63) is 106 Å². The van der Waals surface area contributed by atoms with E-state index in [0.717, 1.165) is 21.5 Å². The van der Waals surface area contributed by atoms with Gasteiger partial charge < -0.3 is 13.7 Å². The number of benzene rings is 2. The molecule has 0 spiro atoms. The van der Waals surface area contributed by atoms with Gasteiger partial charge in [-0.15, -0.1) is 0 Å². The number of nitrogens with one attached hydrogen (secondary N) is 1. The van der Waals surface area contributed by atoms with Gasteiger partial charge in [0.2, 0.25) is 0 Å². The number of nitrogens with zero attached hydrogens (tertiary/aromatic N) is 2. The van der Waals surface area contributed by atoms with Gasteiger partial charge in [0.25, 0.3) is 0 Å². The van der Waals surface area contributed by atoms with Crippen molar-refractivity contribution >= 4 is 28.1 Å². The predicted octanol–water partition coefficient (Wildman–Crippen LogP) is 5.79. The summed E-state index contributed by atoms with van der Waals surface area (Å²) in [6.07, 6.45) is 1.57. The molecule has 0 unspecified atom stereocenters. The summed E-state index contributed by atoms with van der Waals surface area (Å²) in [4.78, 5) is 12.2. The molecule has 32 heavy (non-hydrogen) atoms. The molecule has 0 saturated carbocycles. The first-order valence-corrected chi connectivity index (χ1v) is 10.8. The molecule has 0 radical (unpaired) electrons. The van der Waals surface area contributed by atoms with Crippen LogP contribution in [0.3, 0.4) is 0 Å². The van der Waals surface area contributed by atoms with Crippen molar-refractivity contribution in [1.82, 2.24) is 9.99 Å². The number of aromatic nitrogens is 1. The average molecular weight is 492 g/mol. The standard InChI is InChI=1S/C25H22BrN3O3/c1-17-3-4-18(2)29(17)21-9-11-22(12-10-21)31-16-23-13-14-24(32-23)25(30)28-27-15-19-5-7-20(26)8-6-19/h3-15H,16H2,1-2H3,(H,28,30). The van der Waals surface area contributed by atoms with Gasteiger partial charge >= 0.3 is 5.91 Å². The molecule has 0 fully saturated rings. The van der Waals surface area contributed by atoms with Crippen LogP contribution in [0, 0.1) is 13.8 Å². The Morgan fingerprint density at radius 2 is 1.69 bits per heavy atom. The van der Waals surface area contributed by atoms with Crippen molar-refractivity contribution in [2.45, 2.75) is 20.5 Å². The number of furan rings is 1. The summed E-state index contributed by atoms with van der Waals surface area (Å²) in [5, 5.41) is 3.96. The van der Waals surface area contributed by atoms with E-state index in [0.29, 0.717) is 5.76 Å². The number of hydrogen-bond donors (Lipinski definition) is 1. The van der Waals surface area contributed by atoms with Crippen LogP contribution < -0.4 is 10.2 Å². The van der Waals surface area contributed by atoms with E-state index in [9.17, 15) is 4.79 Å². The number of amides is 1. The van der Waals surface area contributed by atoms with Gasteiger partial charge in [0.1, 0.15) is 18.1 Å². The summed E-state index contributed by atoms with van der Waals surface area (Å²) in [5.41, 5.74) is 6.77. The molecule has 2 aromatic carbocycles. The van der Waals surface area contributed by atoms with Crippen LogP contribution in [0.2, 0.25) is 0 Å². The van der Waals surface area contributed by atoms with Crippen molar-refractivity contribution < 1.29 is 13.9 Å². The van der Waals surface area contributed by atoms with Crippen LogP contribution in [0.5, 0.6) is 5.75 Å². The van der Waals surface area contributed by atoms with E-state index in [1.807, 2.05) is 48.5 Å². The summed E-state index contributed by atoms with van der Waals surface area (Å²) < 4.78 is 14.5. The Kier molecular flexibility index (Phi) is 6.56. The molecule has 7 heteroatoms. The molecule has 2 aromatic heterocycles. The minimum atomic E-state index is -0.425. The van der Waals surface area contributed by atoms with Gasteiger partial charge in [-0.2, -0.15) is 5.10 Å². The fraction of sp³-hybridized carbons (Fsp3) is 0.120. The summed E-state index contributed by atoms with van der Waals surface area (Å²) in [6, 6.07) is 22.9. The Labute approximate surface area is 194 Å². The molecule has 162 valence electrons. The van der Waals surface area contributed by atoms with Gasteiger partial charge in [0.05, 0.1) is 6.21 Å². The molecular weight excluding hydrogens is 470 g/mol. The molecular formula is C25H22BrN3O3. The van der Waals surface area contributed by atoms with Gasteiger partial charge in [-0.05, 0) is 80.1 Å². The zero-order chi connectivity index (χ0) is 22.5. The maximum atomic E-state index is 12.2. The number of rotatable bonds is 7. The second-order valence-electron chi connectivity index (χ2n) is 7.25. The Morgan fingerprint density at radius 3 is 2.38 bits per heavy atom. The maximum Gasteiger partial charge on any atom is 0.307 e. The molecule has 0 bridgehead atoms. The van der Waals surface area contributed by atoms with Crippen molar-refractivity contribution in [2.24, 2.45) is 5.10 Å². The lowest BCUT2D eigenvalue weighted by Gasteiger charge is -2.10. The fourth-order valence-corrected chi connectivity index (χ4v) is 3.53. The fourth-order valence-electron chi connectivity index (χ4n) is 3.27. The lowest BCUT2D eigenvalue weighted by molar-refractivity contribution is 0.0923. The van der Waals surface area contributed by atoms with Crippen LogP contribution >= 0.6 is 15.9 Å². The van der Waals surface area contributed by atoms with E-state index in [1.54, 1.807) is 18.3 Å². The normalized spacial score (nSPS) is 11.1. The third-order valence-electron chi connectivity index (χ3n) is 4.88. The number of carbonyl (C=O) groups excluding carboxylic acids is 1. The summed E-state index contributed by atoms with van der Waals surface area (Å²) >= 11 is 3.38. The number of aryl methyl sites for hydroxylation is 2. The Balaban J connectivity index is 1.31. The predicted molar refractivity (Wildman–Crippen MR) is 127 cm³/mol. The summed E-state index contributed by atoms with van der Waals surface area (Å²) in [5.74, 6) is 1.02. The molecule has 4 aromatic rings.